The van der Waals surface area contributed by atoms with Crippen molar-refractivity contribution in [1.29, 1.82) is 0 Å². The van der Waals surface area contributed by atoms with Gasteiger partial charge in [0.25, 0.3) is 0 Å². The molecule has 0 saturated carbocycles. The lowest BCUT2D eigenvalue weighted by Crippen LogP contribution is -2.46. The van der Waals surface area contributed by atoms with E-state index in [1.165, 1.54) is 0 Å². The lowest BCUT2D eigenvalue weighted by Gasteiger charge is -2.23. The molecule has 0 aliphatic heterocycles. The number of ether oxygens (including phenoxy) is 2. The minimum absolute atomic E-state index is 0.193. The number of benzene rings is 1. The minimum Gasteiger partial charge on any atom is -0.460 e. The maximum absolute atomic E-state index is 12.1. The molecular weight excluding hydrogens is 294 g/mol. The van der Waals surface area contributed by atoms with Crippen LogP contribution in [0, 0.1) is 0 Å². The summed E-state index contributed by atoms with van der Waals surface area (Å²) in [6.45, 7) is 7.27. The van der Waals surface area contributed by atoms with Gasteiger partial charge in [-0.25, -0.2) is 0 Å². The topological polar surface area (TPSA) is 78.6 Å². The van der Waals surface area contributed by atoms with Crippen LogP contribution in [0.2, 0.25) is 0 Å². The third-order valence-electron chi connectivity index (χ3n) is 3.18. The SMILES string of the molecule is CC(C)(C)OC(=O)CCCC(C)(N)C(=O)OCc1ccccc1. The number of esters is 2. The second-order valence-corrected chi connectivity index (χ2v) is 6.92. The molecule has 0 bridgehead atoms. The van der Waals surface area contributed by atoms with E-state index in [4.69, 9.17) is 15.2 Å². The van der Waals surface area contributed by atoms with Crippen molar-refractivity contribution in [3.05, 3.63) is 35.9 Å². The van der Waals surface area contributed by atoms with E-state index in [-0.39, 0.29) is 19.0 Å². The van der Waals surface area contributed by atoms with E-state index in [0.29, 0.717) is 12.8 Å². The van der Waals surface area contributed by atoms with Gasteiger partial charge in [-0.05, 0) is 46.1 Å². The van der Waals surface area contributed by atoms with Gasteiger partial charge in [0, 0.05) is 6.42 Å². The van der Waals surface area contributed by atoms with Crippen LogP contribution < -0.4 is 5.73 Å². The second-order valence-electron chi connectivity index (χ2n) is 6.92. The molecule has 2 N–H and O–H groups in total. The van der Waals surface area contributed by atoms with Crippen molar-refractivity contribution in [2.75, 3.05) is 0 Å². The average Bonchev–Trinajstić information content (AvgIpc) is 2.43. The van der Waals surface area contributed by atoms with E-state index in [0.717, 1.165) is 5.56 Å². The summed E-state index contributed by atoms with van der Waals surface area (Å²) in [7, 11) is 0. The van der Waals surface area contributed by atoms with Gasteiger partial charge in [0.1, 0.15) is 17.7 Å². The number of rotatable bonds is 7. The van der Waals surface area contributed by atoms with Crippen LogP contribution in [0.15, 0.2) is 30.3 Å². The Hall–Kier alpha value is -1.88. The average molecular weight is 321 g/mol. The van der Waals surface area contributed by atoms with Gasteiger partial charge in [0.05, 0.1) is 0 Å². The summed E-state index contributed by atoms with van der Waals surface area (Å²) in [5, 5.41) is 0. The lowest BCUT2D eigenvalue weighted by atomic mass is 9.96. The van der Waals surface area contributed by atoms with E-state index < -0.39 is 17.1 Å². The first kappa shape index (κ1) is 19.2. The summed E-state index contributed by atoms with van der Waals surface area (Å²) in [6, 6.07) is 9.42. The molecule has 1 aromatic rings. The first-order valence-electron chi connectivity index (χ1n) is 7.82. The molecule has 23 heavy (non-hydrogen) atoms. The summed E-state index contributed by atoms with van der Waals surface area (Å²) < 4.78 is 10.5. The van der Waals surface area contributed by atoms with Gasteiger partial charge in [-0.15, -0.1) is 0 Å². The van der Waals surface area contributed by atoms with Crippen LogP contribution >= 0.6 is 0 Å². The Balaban J connectivity index is 2.36. The molecular formula is C18H27NO4. The van der Waals surface area contributed by atoms with Crippen LogP contribution in [0.3, 0.4) is 0 Å². The highest BCUT2D eigenvalue weighted by Gasteiger charge is 2.30. The van der Waals surface area contributed by atoms with Crippen molar-refractivity contribution >= 4 is 11.9 Å². The molecule has 0 radical (unpaired) electrons. The van der Waals surface area contributed by atoms with Crippen molar-refractivity contribution in [2.24, 2.45) is 5.73 Å². The largest absolute Gasteiger partial charge is 0.460 e. The van der Waals surface area contributed by atoms with E-state index in [2.05, 4.69) is 0 Å². The number of nitrogens with two attached hydrogens (primary N) is 1. The van der Waals surface area contributed by atoms with Gasteiger partial charge in [0.2, 0.25) is 0 Å². The van der Waals surface area contributed by atoms with Crippen LogP contribution in [-0.2, 0) is 25.7 Å². The molecule has 0 fully saturated rings. The fraction of sp³-hybridized carbons (Fsp3) is 0.556. The predicted octanol–water partition coefficient (Wildman–Crippen LogP) is 2.96. The molecule has 0 aromatic heterocycles. The maximum Gasteiger partial charge on any atom is 0.326 e. The third-order valence-corrected chi connectivity index (χ3v) is 3.18. The molecule has 0 amide bonds. The molecule has 1 aromatic carbocycles. The number of carbonyl (C=O) groups excluding carboxylic acids is 2. The molecule has 0 aliphatic rings. The zero-order chi connectivity index (χ0) is 17.5. The van der Waals surface area contributed by atoms with Crippen molar-refractivity contribution in [3.8, 4) is 0 Å². The maximum atomic E-state index is 12.1. The number of hydrogen-bond donors (Lipinski definition) is 1. The van der Waals surface area contributed by atoms with Crippen molar-refractivity contribution in [3.63, 3.8) is 0 Å². The normalized spacial score (nSPS) is 14.0. The van der Waals surface area contributed by atoms with Crippen LogP contribution in [-0.4, -0.2) is 23.1 Å². The van der Waals surface area contributed by atoms with Gasteiger partial charge in [-0.2, -0.15) is 0 Å². The van der Waals surface area contributed by atoms with Gasteiger partial charge < -0.3 is 15.2 Å². The first-order valence-corrected chi connectivity index (χ1v) is 7.82. The van der Waals surface area contributed by atoms with E-state index >= 15 is 0 Å². The van der Waals surface area contributed by atoms with Gasteiger partial charge >= 0.3 is 11.9 Å². The standard InChI is InChI=1S/C18H27NO4/c1-17(2,3)23-15(20)11-8-12-18(4,19)16(21)22-13-14-9-6-5-7-10-14/h5-7,9-10H,8,11-13,19H2,1-4H3. The van der Waals surface area contributed by atoms with Crippen molar-refractivity contribution in [1.82, 2.24) is 0 Å². The lowest BCUT2D eigenvalue weighted by molar-refractivity contribution is -0.156. The third kappa shape index (κ3) is 7.79. The van der Waals surface area contributed by atoms with E-state index in [1.54, 1.807) is 6.92 Å². The number of hydrogen-bond acceptors (Lipinski definition) is 5. The van der Waals surface area contributed by atoms with E-state index in [1.807, 2.05) is 51.1 Å². The molecule has 0 aliphatic carbocycles. The van der Waals surface area contributed by atoms with Crippen LogP contribution in [0.25, 0.3) is 0 Å². The first-order chi connectivity index (χ1) is 10.6. The van der Waals surface area contributed by atoms with Gasteiger partial charge in [-0.1, -0.05) is 30.3 Å². The highest BCUT2D eigenvalue weighted by molar-refractivity contribution is 5.80. The van der Waals surface area contributed by atoms with Crippen LogP contribution in [0.1, 0.15) is 52.5 Å². The van der Waals surface area contributed by atoms with Crippen LogP contribution in [0.5, 0.6) is 0 Å². The Morgan fingerprint density at radius 1 is 1.09 bits per heavy atom. The summed E-state index contributed by atoms with van der Waals surface area (Å²) in [6.07, 6.45) is 1.07. The molecule has 0 heterocycles. The molecule has 0 saturated heterocycles. The smallest absolute Gasteiger partial charge is 0.326 e. The second kappa shape index (κ2) is 8.11. The summed E-state index contributed by atoms with van der Waals surface area (Å²) in [4.78, 5) is 23.7. The Bertz CT molecular complexity index is 518. The quantitative estimate of drug-likeness (QED) is 0.781. The minimum atomic E-state index is -1.11. The highest BCUT2D eigenvalue weighted by Crippen LogP contribution is 2.16. The van der Waals surface area contributed by atoms with E-state index in [9.17, 15) is 9.59 Å². The molecule has 1 unspecified atom stereocenters. The Morgan fingerprint density at radius 2 is 1.70 bits per heavy atom. The molecule has 1 atom stereocenters. The Kier molecular flexibility index (Phi) is 6.76. The molecule has 1 rings (SSSR count). The predicted molar refractivity (Wildman–Crippen MR) is 88.5 cm³/mol. The zero-order valence-electron chi connectivity index (χ0n) is 14.4. The zero-order valence-corrected chi connectivity index (χ0v) is 14.4. The van der Waals surface area contributed by atoms with Crippen molar-refractivity contribution < 1.29 is 19.1 Å². The van der Waals surface area contributed by atoms with Gasteiger partial charge in [-0.3, -0.25) is 9.59 Å². The summed E-state index contributed by atoms with van der Waals surface area (Å²) >= 11 is 0. The van der Waals surface area contributed by atoms with Gasteiger partial charge in [0.15, 0.2) is 0 Å². The summed E-state index contributed by atoms with van der Waals surface area (Å²) in [5.74, 6) is -0.753. The molecule has 0 spiro atoms. The summed E-state index contributed by atoms with van der Waals surface area (Å²) in [5.41, 5.74) is 5.30. The highest BCUT2D eigenvalue weighted by atomic mass is 16.6. The molecule has 5 heteroatoms. The monoisotopic (exact) mass is 321 g/mol. The Morgan fingerprint density at radius 3 is 2.26 bits per heavy atom. The number of carbonyl (C=O) groups is 2. The van der Waals surface area contributed by atoms with Crippen LogP contribution in [0.4, 0.5) is 0 Å². The fourth-order valence-electron chi connectivity index (χ4n) is 1.98. The van der Waals surface area contributed by atoms with Crippen molar-refractivity contribution in [2.45, 2.75) is 64.7 Å². The molecule has 128 valence electrons. The Labute approximate surface area is 138 Å². The molecule has 5 nitrogen and oxygen atoms in total. The fourth-order valence-corrected chi connectivity index (χ4v) is 1.98.